The van der Waals surface area contributed by atoms with Crippen molar-refractivity contribution in [3.05, 3.63) is 0 Å². The van der Waals surface area contributed by atoms with Gasteiger partial charge in [-0.1, -0.05) is 239 Å². The van der Waals surface area contributed by atoms with Crippen molar-refractivity contribution < 1.29 is 38.2 Å². The number of unbranched alkanes of at least 4 members (excludes halogenated alkanes) is 35. The summed E-state index contributed by atoms with van der Waals surface area (Å²) in [5.74, 6) is -1.44. The first-order valence-electron chi connectivity index (χ1n) is 26.6. The minimum absolute atomic E-state index is 0.0412. The van der Waals surface area contributed by atoms with Gasteiger partial charge in [-0.3, -0.25) is 9.59 Å². The number of carboxylic acids is 1. The first-order chi connectivity index (χ1) is 29.6. The molecule has 0 amide bonds. The summed E-state index contributed by atoms with van der Waals surface area (Å²) < 4.78 is 17.4. The van der Waals surface area contributed by atoms with Gasteiger partial charge in [-0.25, -0.2) is 4.79 Å². The third kappa shape index (κ3) is 43.4. The Balaban J connectivity index is 4.17. The Hall–Kier alpha value is -1.67. The zero-order valence-electron chi connectivity index (χ0n) is 41.4. The maximum Gasteiger partial charge on any atom is 0.362 e. The number of rotatable bonds is 49. The van der Waals surface area contributed by atoms with Gasteiger partial charge in [0, 0.05) is 19.3 Å². The summed E-state index contributed by atoms with van der Waals surface area (Å²) in [7, 11) is 5.55. The van der Waals surface area contributed by atoms with E-state index in [1.54, 1.807) is 0 Å². The van der Waals surface area contributed by atoms with E-state index < -0.39 is 18.1 Å². The fourth-order valence-electron chi connectivity index (χ4n) is 8.39. The fourth-order valence-corrected chi connectivity index (χ4v) is 8.39. The molecule has 8 heteroatoms. The van der Waals surface area contributed by atoms with Gasteiger partial charge in [0.05, 0.1) is 34.4 Å². The van der Waals surface area contributed by atoms with Gasteiger partial charge in [0.1, 0.15) is 6.61 Å². The number of ether oxygens (including phenoxy) is 3. The monoisotopic (exact) mass is 867 g/mol. The number of aliphatic carboxylic acids is 1. The van der Waals surface area contributed by atoms with E-state index in [2.05, 4.69) is 13.8 Å². The van der Waals surface area contributed by atoms with Gasteiger partial charge in [-0.2, -0.15) is 0 Å². The minimum atomic E-state index is -0.868. The van der Waals surface area contributed by atoms with E-state index in [0.717, 1.165) is 38.5 Å². The van der Waals surface area contributed by atoms with Crippen LogP contribution in [0.15, 0.2) is 0 Å². The largest absolute Gasteiger partial charge is 0.477 e. The van der Waals surface area contributed by atoms with Crippen molar-refractivity contribution in [2.75, 3.05) is 41.0 Å². The summed E-state index contributed by atoms with van der Waals surface area (Å²) in [4.78, 5) is 37.2. The first kappa shape index (κ1) is 59.3. The summed E-state index contributed by atoms with van der Waals surface area (Å²) >= 11 is 0. The summed E-state index contributed by atoms with van der Waals surface area (Å²) in [6, 6.07) is -0.609. The highest BCUT2D eigenvalue weighted by Crippen LogP contribution is 2.17. The van der Waals surface area contributed by atoms with Crippen molar-refractivity contribution in [1.29, 1.82) is 0 Å². The Kier molecular flexibility index (Phi) is 43.7. The molecule has 0 saturated heterocycles. The summed E-state index contributed by atoms with van der Waals surface area (Å²) in [5, 5.41) is 9.66. The predicted octanol–water partition coefficient (Wildman–Crippen LogP) is 15.3. The molecule has 0 spiro atoms. The number of hydrogen-bond donors (Lipinski definition) is 1. The summed E-state index contributed by atoms with van der Waals surface area (Å²) in [6.07, 6.45) is 48.6. The molecule has 8 nitrogen and oxygen atoms in total. The van der Waals surface area contributed by atoms with Gasteiger partial charge >= 0.3 is 17.9 Å². The van der Waals surface area contributed by atoms with Crippen molar-refractivity contribution in [3.63, 3.8) is 0 Å². The number of esters is 2. The van der Waals surface area contributed by atoms with Crippen LogP contribution in [0.2, 0.25) is 0 Å². The van der Waals surface area contributed by atoms with Gasteiger partial charge < -0.3 is 23.8 Å². The van der Waals surface area contributed by atoms with Crippen molar-refractivity contribution in [1.82, 2.24) is 0 Å². The minimum Gasteiger partial charge on any atom is -0.477 e. The topological polar surface area (TPSA) is 99.1 Å². The SMILES string of the molecule is CCCCCCCCCCCCCCCCCCCCCC(=O)OCC(COCCC(C(=O)O)[N+](C)(C)C)OC(=O)CCCCCCCCCCCCCCCCCCCC. The van der Waals surface area contributed by atoms with Crippen LogP contribution in [-0.4, -0.2) is 80.6 Å². The molecule has 0 aromatic carbocycles. The Bertz CT molecular complexity index is 967. The lowest BCUT2D eigenvalue weighted by Gasteiger charge is -2.31. The van der Waals surface area contributed by atoms with E-state index >= 15 is 0 Å². The quantitative estimate of drug-likeness (QED) is 0.0369. The average molecular weight is 867 g/mol. The third-order valence-corrected chi connectivity index (χ3v) is 12.5. The number of carboxylic acid groups (broad SMARTS) is 1. The lowest BCUT2D eigenvalue weighted by molar-refractivity contribution is -0.887. The van der Waals surface area contributed by atoms with Crippen LogP contribution < -0.4 is 0 Å². The van der Waals surface area contributed by atoms with Crippen molar-refractivity contribution in [3.8, 4) is 0 Å². The maximum absolute atomic E-state index is 12.8. The van der Waals surface area contributed by atoms with E-state index in [1.165, 1.54) is 199 Å². The molecule has 0 aliphatic heterocycles. The van der Waals surface area contributed by atoms with Crippen molar-refractivity contribution in [2.45, 2.75) is 283 Å². The number of carbonyl (C=O) groups excluding carboxylic acids is 2. The van der Waals surface area contributed by atoms with E-state index in [1.807, 2.05) is 21.1 Å². The molecule has 0 aromatic heterocycles. The van der Waals surface area contributed by atoms with Crippen LogP contribution in [0.3, 0.4) is 0 Å². The Labute approximate surface area is 378 Å². The second kappa shape index (κ2) is 44.9. The molecule has 0 aromatic rings. The van der Waals surface area contributed by atoms with Crippen LogP contribution in [0.5, 0.6) is 0 Å². The molecule has 0 bridgehead atoms. The van der Waals surface area contributed by atoms with Crippen molar-refractivity contribution >= 4 is 17.9 Å². The van der Waals surface area contributed by atoms with Crippen molar-refractivity contribution in [2.24, 2.45) is 0 Å². The van der Waals surface area contributed by atoms with Crippen LogP contribution in [0, 0.1) is 0 Å². The second-order valence-corrected chi connectivity index (χ2v) is 19.5. The van der Waals surface area contributed by atoms with Gasteiger partial charge in [0.15, 0.2) is 12.1 Å². The number of nitrogens with zero attached hydrogens (tertiary/aromatic N) is 1. The highest BCUT2D eigenvalue weighted by molar-refractivity contribution is 5.72. The molecular formula is C53H104NO7+. The first-order valence-corrected chi connectivity index (χ1v) is 26.6. The van der Waals surface area contributed by atoms with Gasteiger partial charge in [0.25, 0.3) is 0 Å². The molecular weight excluding hydrogens is 763 g/mol. The van der Waals surface area contributed by atoms with E-state index in [-0.39, 0.29) is 36.2 Å². The lowest BCUT2D eigenvalue weighted by Crippen LogP contribution is -2.50. The highest BCUT2D eigenvalue weighted by Gasteiger charge is 2.31. The highest BCUT2D eigenvalue weighted by atomic mass is 16.6. The fraction of sp³-hybridized carbons (Fsp3) is 0.943. The number of carbonyl (C=O) groups is 3. The molecule has 2 atom stereocenters. The summed E-state index contributed by atoms with van der Waals surface area (Å²) in [6.45, 7) is 4.80. The molecule has 0 aliphatic rings. The van der Waals surface area contributed by atoms with Crippen LogP contribution in [0.4, 0.5) is 0 Å². The van der Waals surface area contributed by atoms with E-state index in [4.69, 9.17) is 14.2 Å². The number of quaternary nitrogens is 1. The zero-order valence-corrected chi connectivity index (χ0v) is 41.4. The maximum atomic E-state index is 12.8. The normalized spacial score (nSPS) is 12.7. The molecule has 0 saturated carbocycles. The Morgan fingerprint density at radius 1 is 0.426 bits per heavy atom. The van der Waals surface area contributed by atoms with Crippen LogP contribution >= 0.6 is 0 Å². The molecule has 0 fully saturated rings. The van der Waals surface area contributed by atoms with Crippen LogP contribution in [-0.2, 0) is 28.6 Å². The zero-order chi connectivity index (χ0) is 44.9. The third-order valence-electron chi connectivity index (χ3n) is 12.5. The van der Waals surface area contributed by atoms with Gasteiger partial charge in [0.2, 0.25) is 0 Å². The molecule has 0 radical (unpaired) electrons. The Morgan fingerprint density at radius 2 is 0.721 bits per heavy atom. The average Bonchev–Trinajstić information content (AvgIpc) is 3.22. The smallest absolute Gasteiger partial charge is 0.362 e. The lowest BCUT2D eigenvalue weighted by atomic mass is 10.0. The van der Waals surface area contributed by atoms with Crippen LogP contribution in [0.1, 0.15) is 271 Å². The number of likely N-dealkylation sites (N-methyl/N-ethyl adjacent to an activating group) is 1. The van der Waals surface area contributed by atoms with E-state index in [9.17, 15) is 19.5 Å². The molecule has 2 unspecified atom stereocenters. The molecule has 0 aliphatic carbocycles. The number of hydrogen-bond acceptors (Lipinski definition) is 6. The molecule has 362 valence electrons. The summed E-state index contributed by atoms with van der Waals surface area (Å²) in [5.41, 5.74) is 0. The van der Waals surface area contributed by atoms with Gasteiger partial charge in [-0.05, 0) is 12.8 Å². The predicted molar refractivity (Wildman–Crippen MR) is 257 cm³/mol. The second-order valence-electron chi connectivity index (χ2n) is 19.5. The van der Waals surface area contributed by atoms with E-state index in [0.29, 0.717) is 19.3 Å². The molecule has 1 N–H and O–H groups in total. The molecule has 0 heterocycles. The molecule has 61 heavy (non-hydrogen) atoms. The van der Waals surface area contributed by atoms with Gasteiger partial charge in [-0.15, -0.1) is 0 Å². The van der Waals surface area contributed by atoms with Crippen LogP contribution in [0.25, 0.3) is 0 Å². The standard InChI is InChI=1S/C53H103NO7/c1-6-8-10-12-14-16-18-20-22-24-26-28-29-31-33-35-37-39-41-43-51(55)60-48-49(47-59-46-45-50(53(57)58)54(3,4)5)61-52(56)44-42-40-38-36-34-32-30-27-25-23-21-19-17-15-13-11-9-7-2/h49-50H,6-48H2,1-5H3/p+1. The Morgan fingerprint density at radius 3 is 1.02 bits per heavy atom. The molecule has 0 rings (SSSR count).